The Morgan fingerprint density at radius 2 is 1.88 bits per heavy atom. The van der Waals surface area contributed by atoms with Crippen molar-refractivity contribution >= 4 is 6.08 Å². The first kappa shape index (κ1) is 11.3. The molecular weight excluding hydrogens is 203 g/mol. The Hall–Kier alpha value is -1.19. The maximum Gasteiger partial charge on any atom is 0.123 e. The topological polar surface area (TPSA) is 15.3 Å². The van der Waals surface area contributed by atoms with E-state index in [0.717, 1.165) is 38.3 Å². The molecule has 1 heterocycles. The van der Waals surface area contributed by atoms with Crippen LogP contribution >= 0.6 is 0 Å². The lowest BCUT2D eigenvalue weighted by atomic mass is 10.2. The van der Waals surface area contributed by atoms with E-state index in [0.29, 0.717) is 0 Å². The van der Waals surface area contributed by atoms with Gasteiger partial charge in [0.2, 0.25) is 0 Å². The molecular formula is C13H17FN2. The van der Waals surface area contributed by atoms with Crippen LogP contribution in [0.5, 0.6) is 0 Å². The predicted molar refractivity (Wildman–Crippen MR) is 64.7 cm³/mol. The molecule has 0 aromatic heterocycles. The third kappa shape index (κ3) is 3.43. The van der Waals surface area contributed by atoms with Crippen LogP contribution in [0.15, 0.2) is 30.3 Å². The van der Waals surface area contributed by atoms with E-state index in [-0.39, 0.29) is 5.82 Å². The molecule has 86 valence electrons. The fourth-order valence-corrected chi connectivity index (χ4v) is 1.81. The molecule has 0 bridgehead atoms. The van der Waals surface area contributed by atoms with Gasteiger partial charge in [-0.2, -0.15) is 0 Å². The number of benzene rings is 1. The normalized spacial score (nSPS) is 18.1. The molecule has 0 amide bonds. The van der Waals surface area contributed by atoms with Crippen LogP contribution in [0.4, 0.5) is 4.39 Å². The van der Waals surface area contributed by atoms with Gasteiger partial charge in [0, 0.05) is 32.7 Å². The number of nitrogens with zero attached hydrogens (tertiary/aromatic N) is 1. The van der Waals surface area contributed by atoms with Gasteiger partial charge in [-0.3, -0.25) is 4.90 Å². The average Bonchev–Trinajstić information content (AvgIpc) is 2.33. The van der Waals surface area contributed by atoms with Crippen molar-refractivity contribution in [2.75, 3.05) is 32.7 Å². The zero-order valence-corrected chi connectivity index (χ0v) is 9.32. The lowest BCUT2D eigenvalue weighted by Crippen LogP contribution is -2.43. The zero-order chi connectivity index (χ0) is 11.2. The highest BCUT2D eigenvalue weighted by Crippen LogP contribution is 2.04. The van der Waals surface area contributed by atoms with Gasteiger partial charge in [-0.1, -0.05) is 24.3 Å². The van der Waals surface area contributed by atoms with Gasteiger partial charge in [-0.25, -0.2) is 4.39 Å². The van der Waals surface area contributed by atoms with Crippen LogP contribution in [-0.4, -0.2) is 37.6 Å². The van der Waals surface area contributed by atoms with Crippen molar-refractivity contribution in [2.45, 2.75) is 0 Å². The minimum Gasteiger partial charge on any atom is -0.314 e. The van der Waals surface area contributed by atoms with Gasteiger partial charge in [0.25, 0.3) is 0 Å². The van der Waals surface area contributed by atoms with E-state index in [9.17, 15) is 4.39 Å². The molecule has 1 N–H and O–H groups in total. The molecule has 2 rings (SSSR count). The van der Waals surface area contributed by atoms with E-state index < -0.39 is 0 Å². The average molecular weight is 220 g/mol. The monoisotopic (exact) mass is 220 g/mol. The molecule has 3 heteroatoms. The van der Waals surface area contributed by atoms with Crippen LogP contribution < -0.4 is 5.32 Å². The fourth-order valence-electron chi connectivity index (χ4n) is 1.81. The van der Waals surface area contributed by atoms with Crippen LogP contribution in [-0.2, 0) is 0 Å². The molecule has 1 aromatic carbocycles. The summed E-state index contributed by atoms with van der Waals surface area (Å²) in [7, 11) is 0. The molecule has 0 unspecified atom stereocenters. The fraction of sp³-hybridized carbons (Fsp3) is 0.385. The minimum atomic E-state index is -0.181. The van der Waals surface area contributed by atoms with Crippen LogP contribution in [0.2, 0.25) is 0 Å². The summed E-state index contributed by atoms with van der Waals surface area (Å²) >= 11 is 0. The molecule has 1 fully saturated rings. The van der Waals surface area contributed by atoms with E-state index in [1.165, 1.54) is 12.1 Å². The summed E-state index contributed by atoms with van der Waals surface area (Å²) in [5.74, 6) is -0.181. The van der Waals surface area contributed by atoms with Crippen LogP contribution in [0.25, 0.3) is 6.08 Å². The Kier molecular flexibility index (Phi) is 4.08. The highest BCUT2D eigenvalue weighted by Gasteiger charge is 2.06. The first-order valence-electron chi connectivity index (χ1n) is 5.70. The van der Waals surface area contributed by atoms with E-state index in [1.54, 1.807) is 12.1 Å². The lowest BCUT2D eigenvalue weighted by Gasteiger charge is -2.25. The van der Waals surface area contributed by atoms with E-state index in [1.807, 2.05) is 6.08 Å². The molecule has 1 aromatic rings. The van der Waals surface area contributed by atoms with Crippen molar-refractivity contribution in [3.63, 3.8) is 0 Å². The summed E-state index contributed by atoms with van der Waals surface area (Å²) in [5.41, 5.74) is 1.05. The second kappa shape index (κ2) is 5.77. The third-order valence-corrected chi connectivity index (χ3v) is 2.75. The van der Waals surface area contributed by atoms with Crippen molar-refractivity contribution in [3.8, 4) is 0 Å². The second-order valence-electron chi connectivity index (χ2n) is 4.00. The molecule has 0 saturated carbocycles. The van der Waals surface area contributed by atoms with E-state index in [4.69, 9.17) is 0 Å². The smallest absolute Gasteiger partial charge is 0.123 e. The number of nitrogens with one attached hydrogen (secondary N) is 1. The Morgan fingerprint density at radius 3 is 2.56 bits per heavy atom. The molecule has 0 spiro atoms. The predicted octanol–water partition coefficient (Wildman–Crippen LogP) is 1.74. The molecule has 0 radical (unpaired) electrons. The first-order chi connectivity index (χ1) is 7.84. The summed E-state index contributed by atoms with van der Waals surface area (Å²) in [5, 5.41) is 3.32. The van der Waals surface area contributed by atoms with Gasteiger partial charge in [0.05, 0.1) is 0 Å². The van der Waals surface area contributed by atoms with Crippen molar-refractivity contribution in [1.82, 2.24) is 10.2 Å². The summed E-state index contributed by atoms with van der Waals surface area (Å²) in [6.45, 7) is 5.33. The van der Waals surface area contributed by atoms with Gasteiger partial charge < -0.3 is 5.32 Å². The Morgan fingerprint density at radius 1 is 1.19 bits per heavy atom. The van der Waals surface area contributed by atoms with Gasteiger partial charge in [-0.15, -0.1) is 0 Å². The molecule has 1 aliphatic heterocycles. The minimum absolute atomic E-state index is 0.181. The molecule has 16 heavy (non-hydrogen) atoms. The summed E-state index contributed by atoms with van der Waals surface area (Å²) in [6.07, 6.45) is 4.18. The largest absolute Gasteiger partial charge is 0.314 e. The maximum atomic E-state index is 12.7. The number of hydrogen-bond acceptors (Lipinski definition) is 2. The zero-order valence-electron chi connectivity index (χ0n) is 9.32. The molecule has 0 aliphatic carbocycles. The molecule has 2 nitrogen and oxygen atoms in total. The Balaban J connectivity index is 1.82. The van der Waals surface area contributed by atoms with Crippen molar-refractivity contribution in [1.29, 1.82) is 0 Å². The van der Waals surface area contributed by atoms with Gasteiger partial charge in [0.15, 0.2) is 0 Å². The van der Waals surface area contributed by atoms with Crippen LogP contribution in [0.1, 0.15) is 5.56 Å². The van der Waals surface area contributed by atoms with Crippen molar-refractivity contribution in [2.24, 2.45) is 0 Å². The third-order valence-electron chi connectivity index (χ3n) is 2.75. The van der Waals surface area contributed by atoms with Gasteiger partial charge >= 0.3 is 0 Å². The van der Waals surface area contributed by atoms with Crippen molar-refractivity contribution in [3.05, 3.63) is 41.7 Å². The highest BCUT2D eigenvalue weighted by molar-refractivity contribution is 5.48. The number of rotatable bonds is 3. The molecule has 0 atom stereocenters. The van der Waals surface area contributed by atoms with Gasteiger partial charge in [-0.05, 0) is 17.7 Å². The van der Waals surface area contributed by atoms with Crippen molar-refractivity contribution < 1.29 is 4.39 Å². The highest BCUT2D eigenvalue weighted by atomic mass is 19.1. The van der Waals surface area contributed by atoms with Crippen LogP contribution in [0, 0.1) is 5.82 Å². The summed E-state index contributed by atoms with van der Waals surface area (Å²) in [4.78, 5) is 2.40. The maximum absolute atomic E-state index is 12.7. The second-order valence-corrected chi connectivity index (χ2v) is 4.00. The lowest BCUT2D eigenvalue weighted by molar-refractivity contribution is 0.265. The van der Waals surface area contributed by atoms with E-state index in [2.05, 4.69) is 16.3 Å². The van der Waals surface area contributed by atoms with Crippen LogP contribution in [0.3, 0.4) is 0 Å². The summed E-state index contributed by atoms with van der Waals surface area (Å²) < 4.78 is 12.7. The molecule has 1 saturated heterocycles. The first-order valence-corrected chi connectivity index (χ1v) is 5.70. The number of halogens is 1. The summed E-state index contributed by atoms with van der Waals surface area (Å²) in [6, 6.07) is 6.57. The Labute approximate surface area is 95.8 Å². The quantitative estimate of drug-likeness (QED) is 0.834. The van der Waals surface area contributed by atoms with Gasteiger partial charge in [0.1, 0.15) is 5.82 Å². The Bertz CT molecular complexity index is 339. The SMILES string of the molecule is Fc1ccc(C=CCN2CCNCC2)cc1. The number of piperazine rings is 1. The number of hydrogen-bond donors (Lipinski definition) is 1. The van der Waals surface area contributed by atoms with E-state index >= 15 is 0 Å². The molecule has 1 aliphatic rings. The standard InChI is InChI=1S/C13H17FN2/c14-13-5-3-12(4-6-13)2-1-9-16-10-7-15-8-11-16/h1-6,15H,7-11H2.